The SMILES string of the molecule is C[C@H](CCC(=O)O)C1CC[C@H]2[C@@H]3CC[C@@H]4C[C@@H](OC(O)[C@H](N)CC(=O)O)CC[C@]4(C)[C@H]3CC[C@]12C. The lowest BCUT2D eigenvalue weighted by molar-refractivity contribution is -0.189. The van der Waals surface area contributed by atoms with E-state index >= 15 is 0 Å². The Kier molecular flexibility index (Phi) is 7.90. The van der Waals surface area contributed by atoms with Crippen LogP contribution in [0.15, 0.2) is 0 Å². The second-order valence-electron chi connectivity index (χ2n) is 13.0. The molecule has 7 heteroatoms. The van der Waals surface area contributed by atoms with Crippen LogP contribution < -0.4 is 5.73 Å². The number of aliphatic carboxylic acids is 2. The zero-order chi connectivity index (χ0) is 25.5. The molecule has 7 nitrogen and oxygen atoms in total. The van der Waals surface area contributed by atoms with E-state index in [4.69, 9.17) is 15.6 Å². The summed E-state index contributed by atoms with van der Waals surface area (Å²) in [7, 11) is 0. The van der Waals surface area contributed by atoms with E-state index < -0.39 is 24.3 Å². The van der Waals surface area contributed by atoms with Gasteiger partial charge in [0.2, 0.25) is 0 Å². The third kappa shape index (κ3) is 5.15. The van der Waals surface area contributed by atoms with Gasteiger partial charge in [0.05, 0.1) is 18.6 Å². The van der Waals surface area contributed by atoms with E-state index in [9.17, 15) is 19.8 Å². The lowest BCUT2D eigenvalue weighted by atomic mass is 9.44. The average molecular weight is 494 g/mol. The van der Waals surface area contributed by atoms with Gasteiger partial charge >= 0.3 is 11.9 Å². The number of carboxylic acid groups (broad SMARTS) is 2. The molecule has 0 radical (unpaired) electrons. The smallest absolute Gasteiger partial charge is 0.305 e. The summed E-state index contributed by atoms with van der Waals surface area (Å²) >= 11 is 0. The lowest BCUT2D eigenvalue weighted by Gasteiger charge is -2.61. The van der Waals surface area contributed by atoms with Crippen molar-refractivity contribution in [2.45, 2.75) is 116 Å². The fourth-order valence-corrected chi connectivity index (χ4v) is 9.47. The van der Waals surface area contributed by atoms with Crippen LogP contribution >= 0.6 is 0 Å². The summed E-state index contributed by atoms with van der Waals surface area (Å²) in [5.41, 5.74) is 6.46. The summed E-state index contributed by atoms with van der Waals surface area (Å²) in [5.74, 6) is 2.22. The van der Waals surface area contributed by atoms with Crippen LogP contribution in [0.3, 0.4) is 0 Å². The molecular weight excluding hydrogens is 446 g/mol. The largest absolute Gasteiger partial charge is 0.481 e. The molecule has 0 amide bonds. The van der Waals surface area contributed by atoms with E-state index in [1.54, 1.807) is 0 Å². The maximum atomic E-state index is 11.1. The van der Waals surface area contributed by atoms with Gasteiger partial charge in [-0.1, -0.05) is 20.8 Å². The van der Waals surface area contributed by atoms with Crippen LogP contribution in [0, 0.1) is 46.3 Å². The molecule has 4 saturated carbocycles. The molecule has 4 aliphatic carbocycles. The Morgan fingerprint density at radius 3 is 2.34 bits per heavy atom. The number of rotatable bonds is 9. The second-order valence-corrected chi connectivity index (χ2v) is 13.0. The monoisotopic (exact) mass is 493 g/mol. The molecule has 4 rings (SSSR count). The van der Waals surface area contributed by atoms with E-state index in [-0.39, 0.29) is 18.9 Å². The highest BCUT2D eigenvalue weighted by atomic mass is 16.6. The predicted octanol–water partition coefficient (Wildman–Crippen LogP) is 4.65. The van der Waals surface area contributed by atoms with Crippen molar-refractivity contribution >= 4 is 11.9 Å². The van der Waals surface area contributed by atoms with Crippen molar-refractivity contribution < 1.29 is 29.6 Å². The van der Waals surface area contributed by atoms with Crippen molar-refractivity contribution in [2.75, 3.05) is 0 Å². The average Bonchev–Trinajstić information content (AvgIpc) is 3.14. The Morgan fingerprint density at radius 1 is 0.971 bits per heavy atom. The Morgan fingerprint density at radius 2 is 1.66 bits per heavy atom. The fraction of sp³-hybridized carbons (Fsp3) is 0.929. The van der Waals surface area contributed by atoms with Gasteiger partial charge in [0, 0.05) is 6.42 Å². The van der Waals surface area contributed by atoms with E-state index in [1.807, 2.05) is 0 Å². The minimum atomic E-state index is -1.23. The number of nitrogens with two attached hydrogens (primary N) is 1. The van der Waals surface area contributed by atoms with Gasteiger partial charge in [-0.2, -0.15) is 0 Å². The van der Waals surface area contributed by atoms with Crippen LogP contribution in [0.25, 0.3) is 0 Å². The van der Waals surface area contributed by atoms with Crippen molar-refractivity contribution in [1.82, 2.24) is 0 Å². The first-order chi connectivity index (χ1) is 16.5. The quantitative estimate of drug-likeness (QED) is 0.344. The van der Waals surface area contributed by atoms with Crippen LogP contribution in [0.5, 0.6) is 0 Å². The van der Waals surface area contributed by atoms with Crippen molar-refractivity contribution in [3.63, 3.8) is 0 Å². The van der Waals surface area contributed by atoms with Crippen molar-refractivity contribution in [1.29, 1.82) is 0 Å². The van der Waals surface area contributed by atoms with Gasteiger partial charge in [-0.3, -0.25) is 9.59 Å². The third-order valence-electron chi connectivity index (χ3n) is 11.3. The summed E-state index contributed by atoms with van der Waals surface area (Å²) < 4.78 is 5.87. The van der Waals surface area contributed by atoms with Crippen LogP contribution in [-0.4, -0.2) is 45.7 Å². The first kappa shape index (κ1) is 26.9. The zero-order valence-electron chi connectivity index (χ0n) is 21.8. The molecule has 0 saturated heterocycles. The predicted molar refractivity (Wildman–Crippen MR) is 132 cm³/mol. The minimum Gasteiger partial charge on any atom is -0.481 e. The van der Waals surface area contributed by atoms with Gasteiger partial charge in [0.1, 0.15) is 0 Å². The van der Waals surface area contributed by atoms with Crippen molar-refractivity contribution in [3.8, 4) is 0 Å². The van der Waals surface area contributed by atoms with Crippen molar-refractivity contribution in [2.24, 2.45) is 52.1 Å². The molecule has 0 aromatic rings. The maximum absolute atomic E-state index is 11.1. The number of hydrogen-bond donors (Lipinski definition) is 4. The number of fused-ring (bicyclic) bond motifs is 5. The van der Waals surface area contributed by atoms with Crippen LogP contribution in [0.1, 0.15) is 97.8 Å². The Bertz CT molecular complexity index is 789. The van der Waals surface area contributed by atoms with Crippen LogP contribution in [-0.2, 0) is 14.3 Å². The van der Waals surface area contributed by atoms with E-state index in [1.165, 1.54) is 38.5 Å². The Hall–Kier alpha value is -1.18. The number of ether oxygens (including phenoxy) is 1. The molecule has 0 heterocycles. The standard InChI is InChI=1S/C28H47NO6/c1-16(4-9-24(30)31)20-7-8-21-19-6-5-17-14-18(35-26(34)23(29)15-25(32)33)10-12-27(17,2)22(19)11-13-28(20,21)3/h16-23,26,34H,4-15,29H2,1-3H3,(H,30,31)(H,32,33)/t16-,17-,18+,19+,20?,21+,22+,23-,26?,27+,28-/m1/s1. The molecule has 4 aliphatic rings. The van der Waals surface area contributed by atoms with Gasteiger partial charge in [0.15, 0.2) is 6.29 Å². The first-order valence-corrected chi connectivity index (χ1v) is 14.0. The van der Waals surface area contributed by atoms with Gasteiger partial charge in [-0.25, -0.2) is 0 Å². The molecule has 0 spiro atoms. The van der Waals surface area contributed by atoms with Gasteiger partial charge in [-0.05, 0) is 111 Å². The lowest BCUT2D eigenvalue weighted by Crippen LogP contribution is -2.54. The molecular formula is C28H47NO6. The molecule has 11 atom stereocenters. The van der Waals surface area contributed by atoms with E-state index in [2.05, 4.69) is 20.8 Å². The number of hydrogen-bond acceptors (Lipinski definition) is 5. The molecule has 0 aromatic carbocycles. The number of carbonyl (C=O) groups is 2. The molecule has 0 aromatic heterocycles. The van der Waals surface area contributed by atoms with E-state index in [0.29, 0.717) is 28.6 Å². The normalized spacial score (nSPS) is 43.3. The number of carboxylic acids is 2. The highest BCUT2D eigenvalue weighted by Gasteiger charge is 2.60. The maximum Gasteiger partial charge on any atom is 0.305 e. The topological polar surface area (TPSA) is 130 Å². The number of aliphatic hydroxyl groups is 1. The third-order valence-corrected chi connectivity index (χ3v) is 11.3. The second kappa shape index (κ2) is 10.3. The fourth-order valence-electron chi connectivity index (χ4n) is 9.47. The molecule has 5 N–H and O–H groups in total. The highest BCUT2D eigenvalue weighted by molar-refractivity contribution is 5.67. The summed E-state index contributed by atoms with van der Waals surface area (Å²) in [6.45, 7) is 7.30. The summed E-state index contributed by atoms with van der Waals surface area (Å²) in [6, 6.07) is -0.902. The zero-order valence-corrected chi connectivity index (χ0v) is 21.8. The Balaban J connectivity index is 1.39. The van der Waals surface area contributed by atoms with Gasteiger partial charge in [0.25, 0.3) is 0 Å². The summed E-state index contributed by atoms with van der Waals surface area (Å²) in [4.78, 5) is 22.1. The van der Waals surface area contributed by atoms with E-state index in [0.717, 1.165) is 43.4 Å². The summed E-state index contributed by atoms with van der Waals surface area (Å²) in [6.07, 6.45) is 9.91. The molecule has 4 fully saturated rings. The molecule has 0 aliphatic heterocycles. The summed E-state index contributed by atoms with van der Waals surface area (Å²) in [5, 5.41) is 28.4. The molecule has 0 bridgehead atoms. The van der Waals surface area contributed by atoms with Gasteiger partial charge < -0.3 is 25.8 Å². The Labute approximate surface area is 210 Å². The minimum absolute atomic E-state index is 0.0562. The first-order valence-electron chi connectivity index (χ1n) is 14.0. The highest BCUT2D eigenvalue weighted by Crippen LogP contribution is 2.68. The van der Waals surface area contributed by atoms with Crippen LogP contribution in [0.2, 0.25) is 0 Å². The van der Waals surface area contributed by atoms with Crippen molar-refractivity contribution in [3.05, 3.63) is 0 Å². The molecule has 2 unspecified atom stereocenters. The molecule has 200 valence electrons. The van der Waals surface area contributed by atoms with Crippen LogP contribution in [0.4, 0.5) is 0 Å². The van der Waals surface area contributed by atoms with Gasteiger partial charge in [-0.15, -0.1) is 0 Å². The molecule has 35 heavy (non-hydrogen) atoms. The number of aliphatic hydroxyl groups excluding tert-OH is 1.